The highest BCUT2D eigenvalue weighted by Crippen LogP contribution is 2.32. The Hall–Kier alpha value is -3.00. The first-order chi connectivity index (χ1) is 14.3. The van der Waals surface area contributed by atoms with Crippen LogP contribution in [-0.4, -0.2) is 33.3 Å². The van der Waals surface area contributed by atoms with Crippen molar-refractivity contribution in [3.05, 3.63) is 64.3 Å². The molecule has 0 spiro atoms. The van der Waals surface area contributed by atoms with Gasteiger partial charge in [0, 0.05) is 11.3 Å². The van der Waals surface area contributed by atoms with Crippen LogP contribution in [0.1, 0.15) is 29.9 Å². The molecule has 0 bridgehead atoms. The number of carbonyl (C=O) groups excluding carboxylic acids is 1. The number of aromatic nitrogens is 3. The smallest absolute Gasteiger partial charge is 0.340 e. The van der Waals surface area contributed by atoms with Crippen LogP contribution in [0.4, 0.5) is 4.39 Å². The summed E-state index contributed by atoms with van der Waals surface area (Å²) in [6, 6.07) is 5.55. The van der Waals surface area contributed by atoms with Crippen molar-refractivity contribution in [1.82, 2.24) is 15.0 Å². The molecule has 0 saturated carbocycles. The van der Waals surface area contributed by atoms with E-state index in [1.165, 1.54) is 42.1 Å². The van der Waals surface area contributed by atoms with Crippen LogP contribution in [0, 0.1) is 18.7 Å². The average molecular weight is 428 g/mol. The fourth-order valence-electron chi connectivity index (χ4n) is 2.94. The first kappa shape index (κ1) is 21.7. The summed E-state index contributed by atoms with van der Waals surface area (Å²) in [6.45, 7) is 9.35. The summed E-state index contributed by atoms with van der Waals surface area (Å²) in [7, 11) is 0. The quantitative estimate of drug-likeness (QED) is 0.258. The van der Waals surface area contributed by atoms with Gasteiger partial charge in [-0.3, -0.25) is 4.79 Å². The van der Waals surface area contributed by atoms with Gasteiger partial charge in [0.1, 0.15) is 12.4 Å². The fourth-order valence-corrected chi connectivity index (χ4v) is 3.75. The van der Waals surface area contributed by atoms with E-state index in [1.54, 1.807) is 6.92 Å². The summed E-state index contributed by atoms with van der Waals surface area (Å²) in [5.74, 6) is 0.134. The molecule has 6 nitrogen and oxygen atoms in total. The minimum atomic E-state index is -0.640. The number of carbonyl (C=O) groups is 1. The molecule has 0 aliphatic heterocycles. The number of pyridine rings is 1. The first-order valence-corrected chi connectivity index (χ1v) is 10.4. The standard InChI is InChI=1S/C22H22FN3O3S/c1-5-10-29-21(28)16-13(4)24-19-18(17(16)14-6-8-15(23)9-7-14)20(27)26-22(25-19)30-11-12(2)3/h5-9,12H,1,10-11H2,2-4H3,(H,24,25,26,27). The van der Waals surface area contributed by atoms with E-state index in [9.17, 15) is 14.0 Å². The van der Waals surface area contributed by atoms with Gasteiger partial charge >= 0.3 is 5.97 Å². The normalized spacial score (nSPS) is 11.1. The molecule has 0 amide bonds. The van der Waals surface area contributed by atoms with E-state index < -0.39 is 17.3 Å². The number of nitrogens with zero attached hydrogens (tertiary/aromatic N) is 2. The lowest BCUT2D eigenvalue weighted by Gasteiger charge is -2.14. The van der Waals surface area contributed by atoms with Crippen molar-refractivity contribution in [3.63, 3.8) is 0 Å². The molecule has 156 valence electrons. The Morgan fingerprint density at radius 3 is 2.63 bits per heavy atom. The molecule has 2 heterocycles. The summed E-state index contributed by atoms with van der Waals surface area (Å²) in [6.07, 6.45) is 1.45. The molecule has 0 atom stereocenters. The number of benzene rings is 1. The number of thioether (sulfide) groups is 1. The number of H-pyrrole nitrogens is 1. The van der Waals surface area contributed by atoms with E-state index in [0.717, 1.165) is 5.75 Å². The summed E-state index contributed by atoms with van der Waals surface area (Å²) in [4.78, 5) is 37.4. The van der Waals surface area contributed by atoms with Crippen molar-refractivity contribution in [1.29, 1.82) is 0 Å². The van der Waals surface area contributed by atoms with E-state index in [2.05, 4.69) is 35.4 Å². The number of fused-ring (bicyclic) bond motifs is 1. The van der Waals surface area contributed by atoms with Gasteiger partial charge in [-0.15, -0.1) is 0 Å². The number of ether oxygens (including phenoxy) is 1. The molecule has 0 saturated heterocycles. The van der Waals surface area contributed by atoms with Crippen LogP contribution in [0.2, 0.25) is 0 Å². The molecular formula is C22H22FN3O3S. The molecule has 3 aromatic rings. The maximum absolute atomic E-state index is 13.5. The number of rotatable bonds is 7. The average Bonchev–Trinajstić information content (AvgIpc) is 2.70. The number of nitrogens with one attached hydrogen (secondary N) is 1. The Morgan fingerprint density at radius 1 is 1.30 bits per heavy atom. The van der Waals surface area contributed by atoms with Gasteiger partial charge in [-0.2, -0.15) is 0 Å². The first-order valence-electron chi connectivity index (χ1n) is 9.43. The zero-order chi connectivity index (χ0) is 21.8. The van der Waals surface area contributed by atoms with E-state index >= 15 is 0 Å². The summed E-state index contributed by atoms with van der Waals surface area (Å²) < 4.78 is 18.7. The molecule has 0 unspecified atom stereocenters. The third-order valence-corrected chi connectivity index (χ3v) is 5.54. The topological polar surface area (TPSA) is 84.9 Å². The van der Waals surface area contributed by atoms with Crippen LogP contribution in [-0.2, 0) is 4.74 Å². The molecule has 8 heteroatoms. The predicted octanol–water partition coefficient (Wildman–Crippen LogP) is 4.52. The molecule has 0 radical (unpaired) electrons. The van der Waals surface area contributed by atoms with Crippen molar-refractivity contribution in [3.8, 4) is 11.1 Å². The van der Waals surface area contributed by atoms with Crippen LogP contribution in [0.3, 0.4) is 0 Å². The van der Waals surface area contributed by atoms with Crippen LogP contribution in [0.5, 0.6) is 0 Å². The lowest BCUT2D eigenvalue weighted by Crippen LogP contribution is -2.17. The van der Waals surface area contributed by atoms with Crippen molar-refractivity contribution in [2.24, 2.45) is 5.92 Å². The number of esters is 1. The number of aryl methyl sites for hydroxylation is 1. The number of halogens is 1. The van der Waals surface area contributed by atoms with Crippen LogP contribution >= 0.6 is 11.8 Å². The Bertz CT molecular complexity index is 1160. The number of hydrogen-bond donors (Lipinski definition) is 1. The molecule has 3 rings (SSSR count). The summed E-state index contributed by atoms with van der Waals surface area (Å²) in [5, 5.41) is 0.617. The summed E-state index contributed by atoms with van der Waals surface area (Å²) >= 11 is 1.43. The zero-order valence-electron chi connectivity index (χ0n) is 17.0. The second-order valence-electron chi connectivity index (χ2n) is 7.12. The van der Waals surface area contributed by atoms with Gasteiger partial charge in [-0.1, -0.05) is 50.4 Å². The molecule has 30 heavy (non-hydrogen) atoms. The molecule has 2 aromatic heterocycles. The Balaban J connectivity index is 2.29. The van der Waals surface area contributed by atoms with Gasteiger partial charge in [-0.05, 0) is 30.5 Å². The van der Waals surface area contributed by atoms with Gasteiger partial charge in [0.15, 0.2) is 10.8 Å². The van der Waals surface area contributed by atoms with Crippen LogP contribution < -0.4 is 5.56 Å². The van der Waals surface area contributed by atoms with E-state index in [4.69, 9.17) is 4.74 Å². The van der Waals surface area contributed by atoms with E-state index in [1.807, 2.05) is 0 Å². The minimum Gasteiger partial charge on any atom is -0.458 e. The highest BCUT2D eigenvalue weighted by atomic mass is 32.2. The number of hydrogen-bond acceptors (Lipinski definition) is 6. The van der Waals surface area contributed by atoms with Gasteiger partial charge < -0.3 is 9.72 Å². The highest BCUT2D eigenvalue weighted by molar-refractivity contribution is 7.99. The monoisotopic (exact) mass is 427 g/mol. The van der Waals surface area contributed by atoms with Gasteiger partial charge in [-0.25, -0.2) is 19.2 Å². The molecule has 1 N–H and O–H groups in total. The second-order valence-corrected chi connectivity index (χ2v) is 8.12. The predicted molar refractivity (Wildman–Crippen MR) is 116 cm³/mol. The fraction of sp³-hybridized carbons (Fsp3) is 0.273. The summed E-state index contributed by atoms with van der Waals surface area (Å²) in [5.41, 5.74) is 1.13. The van der Waals surface area contributed by atoms with Crippen molar-refractivity contribution in [2.75, 3.05) is 12.4 Å². The minimum absolute atomic E-state index is 0.0125. The van der Waals surface area contributed by atoms with Crippen molar-refractivity contribution in [2.45, 2.75) is 25.9 Å². The van der Waals surface area contributed by atoms with Crippen molar-refractivity contribution < 1.29 is 13.9 Å². The SMILES string of the molecule is C=CCOC(=O)c1c(C)nc2nc(SCC(C)C)[nH]c(=O)c2c1-c1ccc(F)cc1. The molecule has 1 aromatic carbocycles. The van der Waals surface area contributed by atoms with Gasteiger partial charge in [0.2, 0.25) is 0 Å². The lowest BCUT2D eigenvalue weighted by atomic mass is 9.96. The second kappa shape index (κ2) is 9.21. The van der Waals surface area contributed by atoms with Crippen LogP contribution in [0.25, 0.3) is 22.2 Å². The maximum atomic E-state index is 13.5. The molecular weight excluding hydrogens is 405 g/mol. The third-order valence-electron chi connectivity index (χ3n) is 4.24. The molecule has 0 aliphatic rings. The molecule has 0 fully saturated rings. The highest BCUT2D eigenvalue weighted by Gasteiger charge is 2.24. The Morgan fingerprint density at radius 2 is 2.00 bits per heavy atom. The Labute approximate surface area is 177 Å². The lowest BCUT2D eigenvalue weighted by molar-refractivity contribution is 0.0549. The Kier molecular flexibility index (Phi) is 6.66. The van der Waals surface area contributed by atoms with E-state index in [0.29, 0.717) is 27.9 Å². The van der Waals surface area contributed by atoms with Crippen molar-refractivity contribution >= 4 is 28.8 Å². The van der Waals surface area contributed by atoms with Gasteiger partial charge in [0.05, 0.1) is 16.6 Å². The third kappa shape index (κ3) is 4.59. The largest absolute Gasteiger partial charge is 0.458 e. The van der Waals surface area contributed by atoms with Crippen LogP contribution in [0.15, 0.2) is 46.9 Å². The van der Waals surface area contributed by atoms with Gasteiger partial charge in [0.25, 0.3) is 5.56 Å². The number of aromatic amines is 1. The molecule has 0 aliphatic carbocycles. The van der Waals surface area contributed by atoms with E-state index in [-0.39, 0.29) is 23.2 Å². The zero-order valence-corrected chi connectivity index (χ0v) is 17.8. The maximum Gasteiger partial charge on any atom is 0.340 e.